The predicted octanol–water partition coefficient (Wildman–Crippen LogP) is 2.70. The van der Waals surface area contributed by atoms with E-state index in [0.29, 0.717) is 6.04 Å². The van der Waals surface area contributed by atoms with E-state index in [1.807, 2.05) is 6.07 Å². The molecule has 4 heteroatoms. The lowest BCUT2D eigenvalue weighted by atomic mass is 10.1. The van der Waals surface area contributed by atoms with Gasteiger partial charge in [-0.05, 0) is 6.07 Å². The molecule has 3 rings (SSSR count). The molecule has 0 spiro atoms. The second kappa shape index (κ2) is 4.00. The van der Waals surface area contributed by atoms with Crippen molar-refractivity contribution in [3.8, 4) is 0 Å². The second-order valence-corrected chi connectivity index (χ2v) is 5.80. The van der Waals surface area contributed by atoms with Gasteiger partial charge < -0.3 is 5.73 Å². The Labute approximate surface area is 104 Å². The van der Waals surface area contributed by atoms with Gasteiger partial charge in [0.25, 0.3) is 0 Å². The van der Waals surface area contributed by atoms with Gasteiger partial charge in [-0.25, -0.2) is 0 Å². The molecule has 2 nitrogen and oxygen atoms in total. The standard InChI is InChI=1S/C12H13ClN2S/c13-12-9-3-1-2-4-10(9)16-11(12)7-15-5-8(14)6-15/h1-4,8H,5-7,14H2. The van der Waals surface area contributed by atoms with Crippen LogP contribution < -0.4 is 5.73 Å². The fourth-order valence-electron chi connectivity index (χ4n) is 2.11. The molecule has 1 aromatic carbocycles. The summed E-state index contributed by atoms with van der Waals surface area (Å²) >= 11 is 8.16. The highest BCUT2D eigenvalue weighted by Crippen LogP contribution is 2.36. The highest BCUT2D eigenvalue weighted by molar-refractivity contribution is 7.19. The van der Waals surface area contributed by atoms with E-state index in [9.17, 15) is 0 Å². The lowest BCUT2D eigenvalue weighted by molar-refractivity contribution is 0.144. The third-order valence-electron chi connectivity index (χ3n) is 2.95. The van der Waals surface area contributed by atoms with Gasteiger partial charge in [-0.1, -0.05) is 29.8 Å². The fourth-order valence-corrected chi connectivity index (χ4v) is 3.64. The number of likely N-dealkylation sites (tertiary alicyclic amines) is 1. The smallest absolute Gasteiger partial charge is 0.0637 e. The number of rotatable bonds is 2. The number of halogens is 1. The topological polar surface area (TPSA) is 29.3 Å². The molecule has 1 aromatic heterocycles. The molecule has 0 radical (unpaired) electrons. The second-order valence-electron chi connectivity index (χ2n) is 4.29. The number of benzene rings is 1. The number of nitrogens with two attached hydrogens (primary N) is 1. The van der Waals surface area contributed by atoms with Gasteiger partial charge in [-0.2, -0.15) is 0 Å². The lowest BCUT2D eigenvalue weighted by Crippen LogP contribution is -2.54. The number of hydrogen-bond donors (Lipinski definition) is 1. The van der Waals surface area contributed by atoms with Crippen LogP contribution in [-0.4, -0.2) is 24.0 Å². The molecule has 1 fully saturated rings. The van der Waals surface area contributed by atoms with Crippen LogP contribution in [0.25, 0.3) is 10.1 Å². The number of nitrogens with zero attached hydrogens (tertiary/aromatic N) is 1. The van der Waals surface area contributed by atoms with Crippen LogP contribution >= 0.6 is 22.9 Å². The van der Waals surface area contributed by atoms with Gasteiger partial charge in [0.2, 0.25) is 0 Å². The molecule has 0 atom stereocenters. The van der Waals surface area contributed by atoms with Crippen LogP contribution in [0.15, 0.2) is 24.3 Å². The van der Waals surface area contributed by atoms with Gasteiger partial charge in [0.05, 0.1) is 5.02 Å². The summed E-state index contributed by atoms with van der Waals surface area (Å²) in [6, 6.07) is 8.65. The molecular weight excluding hydrogens is 240 g/mol. The van der Waals surface area contributed by atoms with Crippen LogP contribution in [0.1, 0.15) is 4.88 Å². The minimum absolute atomic E-state index is 0.355. The molecule has 0 unspecified atom stereocenters. The van der Waals surface area contributed by atoms with Crippen molar-refractivity contribution in [1.29, 1.82) is 0 Å². The summed E-state index contributed by atoms with van der Waals surface area (Å²) in [6.07, 6.45) is 0. The van der Waals surface area contributed by atoms with Crippen molar-refractivity contribution in [2.45, 2.75) is 12.6 Å². The normalized spacial score (nSPS) is 17.9. The maximum atomic E-state index is 6.37. The maximum Gasteiger partial charge on any atom is 0.0637 e. The van der Waals surface area contributed by atoms with Crippen LogP contribution in [-0.2, 0) is 6.54 Å². The zero-order valence-corrected chi connectivity index (χ0v) is 10.4. The maximum absolute atomic E-state index is 6.37. The molecule has 0 amide bonds. The summed E-state index contributed by atoms with van der Waals surface area (Å²) in [5.41, 5.74) is 5.76. The Hall–Kier alpha value is -0.610. The third kappa shape index (κ3) is 1.74. The Morgan fingerprint density at radius 2 is 2.12 bits per heavy atom. The molecule has 84 valence electrons. The van der Waals surface area contributed by atoms with Crippen LogP contribution in [0.4, 0.5) is 0 Å². The van der Waals surface area contributed by atoms with Crippen molar-refractivity contribution >= 4 is 33.0 Å². The Kier molecular flexibility index (Phi) is 2.64. The summed E-state index contributed by atoms with van der Waals surface area (Å²) in [4.78, 5) is 3.59. The summed E-state index contributed by atoms with van der Waals surface area (Å²) in [7, 11) is 0. The summed E-state index contributed by atoms with van der Waals surface area (Å²) in [6.45, 7) is 2.92. The van der Waals surface area contributed by atoms with E-state index in [4.69, 9.17) is 17.3 Å². The molecular formula is C12H13ClN2S. The Morgan fingerprint density at radius 1 is 1.38 bits per heavy atom. The van der Waals surface area contributed by atoms with E-state index < -0.39 is 0 Å². The van der Waals surface area contributed by atoms with Crippen LogP contribution in [0.3, 0.4) is 0 Å². The first-order valence-electron chi connectivity index (χ1n) is 5.38. The van der Waals surface area contributed by atoms with E-state index in [1.54, 1.807) is 11.3 Å². The average Bonchev–Trinajstić information content (AvgIpc) is 2.55. The zero-order chi connectivity index (χ0) is 11.1. The van der Waals surface area contributed by atoms with E-state index in [1.165, 1.54) is 15.0 Å². The molecule has 1 aliphatic rings. The molecule has 2 aromatic rings. The van der Waals surface area contributed by atoms with E-state index in [2.05, 4.69) is 23.1 Å². The van der Waals surface area contributed by atoms with Gasteiger partial charge in [-0.3, -0.25) is 4.90 Å². The molecule has 2 heterocycles. The average molecular weight is 253 g/mol. The summed E-state index contributed by atoms with van der Waals surface area (Å²) in [5, 5.41) is 2.09. The molecule has 1 aliphatic heterocycles. The van der Waals surface area contributed by atoms with Crippen molar-refractivity contribution < 1.29 is 0 Å². The SMILES string of the molecule is NC1CN(Cc2sc3ccccc3c2Cl)C1. The lowest BCUT2D eigenvalue weighted by Gasteiger charge is -2.36. The Bertz CT molecular complexity index is 517. The quantitative estimate of drug-likeness (QED) is 0.891. The molecule has 2 N–H and O–H groups in total. The predicted molar refractivity (Wildman–Crippen MR) is 70.1 cm³/mol. The molecule has 16 heavy (non-hydrogen) atoms. The van der Waals surface area contributed by atoms with Gasteiger partial charge in [0.1, 0.15) is 0 Å². The third-order valence-corrected chi connectivity index (χ3v) is 4.65. The minimum atomic E-state index is 0.355. The van der Waals surface area contributed by atoms with Crippen molar-refractivity contribution in [1.82, 2.24) is 4.90 Å². The first kappa shape index (κ1) is 10.5. The minimum Gasteiger partial charge on any atom is -0.325 e. The van der Waals surface area contributed by atoms with E-state index in [-0.39, 0.29) is 0 Å². The Morgan fingerprint density at radius 3 is 2.81 bits per heavy atom. The largest absolute Gasteiger partial charge is 0.325 e. The van der Waals surface area contributed by atoms with Crippen molar-refractivity contribution in [3.63, 3.8) is 0 Å². The van der Waals surface area contributed by atoms with Gasteiger partial charge in [0, 0.05) is 40.6 Å². The van der Waals surface area contributed by atoms with Gasteiger partial charge in [0.15, 0.2) is 0 Å². The van der Waals surface area contributed by atoms with Gasteiger partial charge >= 0.3 is 0 Å². The molecule has 0 bridgehead atoms. The number of hydrogen-bond acceptors (Lipinski definition) is 3. The molecule has 0 saturated carbocycles. The number of fused-ring (bicyclic) bond motifs is 1. The highest BCUT2D eigenvalue weighted by atomic mass is 35.5. The van der Waals surface area contributed by atoms with Crippen molar-refractivity contribution in [3.05, 3.63) is 34.2 Å². The summed E-state index contributed by atoms with van der Waals surface area (Å²) < 4.78 is 1.27. The van der Waals surface area contributed by atoms with Crippen LogP contribution in [0.2, 0.25) is 5.02 Å². The monoisotopic (exact) mass is 252 g/mol. The summed E-state index contributed by atoms with van der Waals surface area (Å²) in [5.74, 6) is 0. The Balaban J connectivity index is 1.89. The zero-order valence-electron chi connectivity index (χ0n) is 8.82. The first-order valence-corrected chi connectivity index (χ1v) is 6.57. The van der Waals surface area contributed by atoms with Gasteiger partial charge in [-0.15, -0.1) is 11.3 Å². The van der Waals surface area contributed by atoms with Crippen molar-refractivity contribution in [2.24, 2.45) is 5.73 Å². The van der Waals surface area contributed by atoms with Crippen molar-refractivity contribution in [2.75, 3.05) is 13.1 Å². The molecule has 0 aliphatic carbocycles. The number of thiophene rings is 1. The van der Waals surface area contributed by atoms with Crippen LogP contribution in [0.5, 0.6) is 0 Å². The first-order chi connectivity index (χ1) is 7.74. The van der Waals surface area contributed by atoms with Crippen LogP contribution in [0, 0.1) is 0 Å². The molecule has 1 saturated heterocycles. The van der Waals surface area contributed by atoms with E-state index in [0.717, 1.165) is 24.7 Å². The highest BCUT2D eigenvalue weighted by Gasteiger charge is 2.24. The fraction of sp³-hybridized carbons (Fsp3) is 0.333. The van der Waals surface area contributed by atoms with E-state index >= 15 is 0 Å².